The zero-order valence-corrected chi connectivity index (χ0v) is 10.7. The summed E-state index contributed by atoms with van der Waals surface area (Å²) in [4.78, 5) is 8.24. The minimum atomic E-state index is 0.180. The Kier molecular flexibility index (Phi) is 4.12. The summed E-state index contributed by atoms with van der Waals surface area (Å²) in [6, 6.07) is 0.452. The van der Waals surface area contributed by atoms with Crippen molar-refractivity contribution in [1.82, 2.24) is 9.97 Å². The summed E-state index contributed by atoms with van der Waals surface area (Å²) in [7, 11) is 0. The SMILES string of the molecule is NCC1CCCCC1Oc1ncc(Br)cn1. The molecule has 1 aliphatic rings. The van der Waals surface area contributed by atoms with Crippen molar-refractivity contribution < 1.29 is 4.74 Å². The van der Waals surface area contributed by atoms with Crippen molar-refractivity contribution in [2.75, 3.05) is 6.54 Å². The third-order valence-corrected chi connectivity index (χ3v) is 3.41. The molecule has 0 aromatic carbocycles. The number of ether oxygens (including phenoxy) is 1. The van der Waals surface area contributed by atoms with E-state index in [-0.39, 0.29) is 6.10 Å². The molecule has 1 aromatic rings. The lowest BCUT2D eigenvalue weighted by Crippen LogP contribution is -2.35. The van der Waals surface area contributed by atoms with E-state index in [0.717, 1.165) is 17.3 Å². The molecule has 0 radical (unpaired) electrons. The lowest BCUT2D eigenvalue weighted by Gasteiger charge is -2.29. The van der Waals surface area contributed by atoms with Crippen LogP contribution in [0.25, 0.3) is 0 Å². The van der Waals surface area contributed by atoms with Gasteiger partial charge in [0.05, 0.1) is 4.47 Å². The van der Waals surface area contributed by atoms with Gasteiger partial charge in [-0.25, -0.2) is 9.97 Å². The van der Waals surface area contributed by atoms with Crippen molar-refractivity contribution in [2.45, 2.75) is 31.8 Å². The second-order valence-corrected chi connectivity index (χ2v) is 5.04. The minimum Gasteiger partial charge on any atom is -0.460 e. The molecule has 2 unspecified atom stereocenters. The molecule has 1 heterocycles. The number of nitrogens with two attached hydrogens (primary N) is 1. The number of halogens is 1. The Balaban J connectivity index is 1.99. The smallest absolute Gasteiger partial charge is 0.316 e. The van der Waals surface area contributed by atoms with Gasteiger partial charge in [-0.05, 0) is 41.7 Å². The molecule has 0 spiro atoms. The molecule has 88 valence electrons. The zero-order valence-electron chi connectivity index (χ0n) is 9.10. The highest BCUT2D eigenvalue weighted by atomic mass is 79.9. The number of rotatable bonds is 3. The van der Waals surface area contributed by atoms with E-state index in [2.05, 4.69) is 25.9 Å². The summed E-state index contributed by atoms with van der Waals surface area (Å²) in [5.41, 5.74) is 5.74. The van der Waals surface area contributed by atoms with Crippen LogP contribution in [0.1, 0.15) is 25.7 Å². The highest BCUT2D eigenvalue weighted by Crippen LogP contribution is 2.26. The molecule has 0 amide bonds. The van der Waals surface area contributed by atoms with E-state index in [4.69, 9.17) is 10.5 Å². The van der Waals surface area contributed by atoms with Gasteiger partial charge >= 0.3 is 6.01 Å². The average molecular weight is 286 g/mol. The van der Waals surface area contributed by atoms with Crippen LogP contribution in [0.15, 0.2) is 16.9 Å². The summed E-state index contributed by atoms with van der Waals surface area (Å²) in [6.45, 7) is 0.682. The summed E-state index contributed by atoms with van der Waals surface area (Å²) >= 11 is 3.30. The molecule has 1 aliphatic carbocycles. The van der Waals surface area contributed by atoms with Crippen molar-refractivity contribution in [2.24, 2.45) is 11.7 Å². The van der Waals surface area contributed by atoms with E-state index in [0.29, 0.717) is 18.5 Å². The number of hydrogen-bond donors (Lipinski definition) is 1. The maximum absolute atomic E-state index is 5.79. The first-order chi connectivity index (χ1) is 7.79. The molecule has 0 aliphatic heterocycles. The van der Waals surface area contributed by atoms with Gasteiger partial charge in [0.2, 0.25) is 0 Å². The average Bonchev–Trinajstić information content (AvgIpc) is 2.33. The summed E-state index contributed by atoms with van der Waals surface area (Å²) < 4.78 is 6.65. The van der Waals surface area contributed by atoms with E-state index in [1.54, 1.807) is 12.4 Å². The first kappa shape index (κ1) is 11.8. The van der Waals surface area contributed by atoms with Crippen LogP contribution in [-0.4, -0.2) is 22.6 Å². The maximum Gasteiger partial charge on any atom is 0.316 e. The van der Waals surface area contributed by atoms with Crippen molar-refractivity contribution in [3.63, 3.8) is 0 Å². The van der Waals surface area contributed by atoms with Gasteiger partial charge in [-0.15, -0.1) is 0 Å². The molecule has 4 nitrogen and oxygen atoms in total. The molecule has 0 saturated heterocycles. The molecular weight excluding hydrogens is 270 g/mol. The Hall–Kier alpha value is -0.680. The highest BCUT2D eigenvalue weighted by molar-refractivity contribution is 9.10. The zero-order chi connectivity index (χ0) is 11.4. The van der Waals surface area contributed by atoms with Gasteiger partial charge in [-0.2, -0.15) is 0 Å². The molecule has 5 heteroatoms. The van der Waals surface area contributed by atoms with Gasteiger partial charge in [-0.3, -0.25) is 0 Å². The van der Waals surface area contributed by atoms with Crippen molar-refractivity contribution in [3.8, 4) is 6.01 Å². The van der Waals surface area contributed by atoms with Gasteiger partial charge in [0, 0.05) is 18.3 Å². The largest absolute Gasteiger partial charge is 0.460 e. The second-order valence-electron chi connectivity index (χ2n) is 4.12. The van der Waals surface area contributed by atoms with Crippen molar-refractivity contribution >= 4 is 15.9 Å². The van der Waals surface area contributed by atoms with Crippen LogP contribution in [0.5, 0.6) is 6.01 Å². The topological polar surface area (TPSA) is 61.0 Å². The Morgan fingerprint density at radius 2 is 2.00 bits per heavy atom. The molecule has 2 N–H and O–H groups in total. The predicted molar refractivity (Wildman–Crippen MR) is 65.2 cm³/mol. The van der Waals surface area contributed by atoms with E-state index in [9.17, 15) is 0 Å². The van der Waals surface area contributed by atoms with Crippen molar-refractivity contribution in [1.29, 1.82) is 0 Å². The summed E-state index contributed by atoms with van der Waals surface area (Å²) in [5.74, 6) is 0.445. The van der Waals surface area contributed by atoms with E-state index < -0.39 is 0 Å². The van der Waals surface area contributed by atoms with Gasteiger partial charge in [0.15, 0.2) is 0 Å². The Morgan fingerprint density at radius 1 is 1.31 bits per heavy atom. The van der Waals surface area contributed by atoms with E-state index in [1.165, 1.54) is 12.8 Å². The number of aromatic nitrogens is 2. The third kappa shape index (κ3) is 2.92. The maximum atomic E-state index is 5.79. The minimum absolute atomic E-state index is 0.180. The van der Waals surface area contributed by atoms with Crippen LogP contribution in [0.4, 0.5) is 0 Å². The molecule has 2 rings (SSSR count). The first-order valence-corrected chi connectivity index (χ1v) is 6.43. The predicted octanol–water partition coefficient (Wildman–Crippen LogP) is 2.14. The molecule has 1 fully saturated rings. The Morgan fingerprint density at radius 3 is 2.69 bits per heavy atom. The summed E-state index contributed by atoms with van der Waals surface area (Å²) in [6.07, 6.45) is 8.24. The van der Waals surface area contributed by atoms with Crippen molar-refractivity contribution in [3.05, 3.63) is 16.9 Å². The van der Waals surface area contributed by atoms with Crippen LogP contribution in [0.3, 0.4) is 0 Å². The fourth-order valence-electron chi connectivity index (χ4n) is 2.10. The Labute approximate surface area is 104 Å². The lowest BCUT2D eigenvalue weighted by atomic mass is 9.86. The molecule has 1 saturated carbocycles. The molecule has 0 bridgehead atoms. The van der Waals surface area contributed by atoms with Crippen LogP contribution >= 0.6 is 15.9 Å². The lowest BCUT2D eigenvalue weighted by molar-refractivity contribution is 0.0871. The van der Waals surface area contributed by atoms with Crippen LogP contribution < -0.4 is 10.5 Å². The summed E-state index contributed by atoms with van der Waals surface area (Å²) in [5, 5.41) is 0. The van der Waals surface area contributed by atoms with Gasteiger partial charge < -0.3 is 10.5 Å². The Bertz CT molecular complexity index is 331. The van der Waals surface area contributed by atoms with Gasteiger partial charge in [0.1, 0.15) is 6.10 Å². The quantitative estimate of drug-likeness (QED) is 0.924. The van der Waals surface area contributed by atoms with E-state index in [1.807, 2.05) is 0 Å². The second kappa shape index (κ2) is 5.59. The molecule has 2 atom stereocenters. The standard InChI is InChI=1S/C11H16BrN3O/c12-9-6-14-11(15-7-9)16-10-4-2-1-3-8(10)5-13/h6-8,10H,1-5,13H2. The fraction of sp³-hybridized carbons (Fsp3) is 0.636. The monoisotopic (exact) mass is 285 g/mol. The third-order valence-electron chi connectivity index (χ3n) is 3.00. The number of nitrogens with zero attached hydrogens (tertiary/aromatic N) is 2. The molecule has 1 aromatic heterocycles. The van der Waals surface area contributed by atoms with Crippen LogP contribution in [-0.2, 0) is 0 Å². The molecule has 16 heavy (non-hydrogen) atoms. The van der Waals surface area contributed by atoms with Gasteiger partial charge in [0.25, 0.3) is 0 Å². The molecular formula is C11H16BrN3O. The number of hydrogen-bond acceptors (Lipinski definition) is 4. The van der Waals surface area contributed by atoms with E-state index >= 15 is 0 Å². The van der Waals surface area contributed by atoms with Crippen LogP contribution in [0, 0.1) is 5.92 Å². The van der Waals surface area contributed by atoms with Crippen LogP contribution in [0.2, 0.25) is 0 Å². The highest BCUT2D eigenvalue weighted by Gasteiger charge is 2.26. The normalized spacial score (nSPS) is 25.4. The van der Waals surface area contributed by atoms with Gasteiger partial charge in [-0.1, -0.05) is 6.42 Å². The fourth-order valence-corrected chi connectivity index (χ4v) is 2.30. The first-order valence-electron chi connectivity index (χ1n) is 5.64.